The van der Waals surface area contributed by atoms with Crippen molar-refractivity contribution in [1.29, 1.82) is 0 Å². The number of aromatic amines is 1. The summed E-state index contributed by atoms with van der Waals surface area (Å²) in [5.74, 6) is -1.11. The Morgan fingerprint density at radius 3 is 2.40 bits per heavy atom. The van der Waals surface area contributed by atoms with Gasteiger partial charge in [0.05, 0.1) is 15.0 Å². The Labute approximate surface area is 125 Å². The number of halogens is 3. The Morgan fingerprint density at radius 1 is 1.10 bits per heavy atom. The number of anilines is 1. The lowest BCUT2D eigenvalue weighted by atomic mass is 10.0. The number of nitrogens with zero attached hydrogens (tertiary/aromatic N) is 1. The molecule has 0 aliphatic rings. The fourth-order valence-corrected chi connectivity index (χ4v) is 3.14. The number of hydrogen-bond donors (Lipinski definition) is 2. The smallest absolute Gasteiger partial charge is 0.153 e. The van der Waals surface area contributed by atoms with Crippen LogP contribution in [0.2, 0.25) is 0 Å². The van der Waals surface area contributed by atoms with Crippen molar-refractivity contribution in [3.8, 4) is 22.4 Å². The Morgan fingerprint density at radius 2 is 1.80 bits per heavy atom. The van der Waals surface area contributed by atoms with Crippen LogP contribution >= 0.6 is 27.3 Å². The van der Waals surface area contributed by atoms with Gasteiger partial charge in [-0.05, 0) is 39.7 Å². The lowest BCUT2D eigenvalue weighted by molar-refractivity contribution is 0.584. The van der Waals surface area contributed by atoms with Gasteiger partial charge in [-0.3, -0.25) is 5.10 Å². The first kappa shape index (κ1) is 13.3. The zero-order chi connectivity index (χ0) is 14.3. The van der Waals surface area contributed by atoms with Gasteiger partial charge in [0.1, 0.15) is 11.6 Å². The molecular weight excluding hydrogens is 348 g/mol. The molecule has 3 nitrogen and oxygen atoms in total. The summed E-state index contributed by atoms with van der Waals surface area (Å²) in [5.41, 5.74) is 8.16. The van der Waals surface area contributed by atoms with Crippen LogP contribution in [0.5, 0.6) is 0 Å². The Kier molecular flexibility index (Phi) is 3.31. The van der Waals surface area contributed by atoms with Crippen LogP contribution in [0.1, 0.15) is 0 Å². The quantitative estimate of drug-likeness (QED) is 0.714. The number of H-pyrrole nitrogens is 1. The highest BCUT2D eigenvalue weighted by Gasteiger charge is 2.17. The SMILES string of the molecule is Nc1n[nH]c(-c2csc(Br)c2)c1-c1cc(F)cc(F)c1. The molecule has 2 aromatic heterocycles. The lowest BCUT2D eigenvalue weighted by Crippen LogP contribution is -1.90. The van der Waals surface area contributed by atoms with E-state index in [2.05, 4.69) is 26.1 Å². The number of rotatable bonds is 2. The van der Waals surface area contributed by atoms with E-state index in [1.165, 1.54) is 23.5 Å². The third-order valence-electron chi connectivity index (χ3n) is 2.80. The van der Waals surface area contributed by atoms with E-state index in [9.17, 15) is 8.78 Å². The van der Waals surface area contributed by atoms with Gasteiger partial charge < -0.3 is 5.73 Å². The molecular formula is C13H8BrF2N3S. The molecule has 3 rings (SSSR count). The number of thiophene rings is 1. The maximum Gasteiger partial charge on any atom is 0.153 e. The fraction of sp³-hybridized carbons (Fsp3) is 0. The van der Waals surface area contributed by atoms with Crippen molar-refractivity contribution < 1.29 is 8.78 Å². The van der Waals surface area contributed by atoms with Gasteiger partial charge in [-0.25, -0.2) is 8.78 Å². The average molecular weight is 356 g/mol. The summed E-state index contributed by atoms with van der Waals surface area (Å²) < 4.78 is 27.7. The minimum Gasteiger partial charge on any atom is -0.382 e. The van der Waals surface area contributed by atoms with E-state index in [0.29, 0.717) is 16.8 Å². The maximum absolute atomic E-state index is 13.4. The first-order valence-electron chi connectivity index (χ1n) is 5.59. The second kappa shape index (κ2) is 4.99. The summed E-state index contributed by atoms with van der Waals surface area (Å²) in [6.07, 6.45) is 0. The molecule has 1 aromatic carbocycles. The van der Waals surface area contributed by atoms with Crippen LogP contribution < -0.4 is 5.73 Å². The van der Waals surface area contributed by atoms with Crippen LogP contribution in [-0.4, -0.2) is 10.2 Å². The number of benzene rings is 1. The highest BCUT2D eigenvalue weighted by molar-refractivity contribution is 9.11. The molecule has 0 saturated carbocycles. The van der Waals surface area contributed by atoms with Crippen LogP contribution in [0.4, 0.5) is 14.6 Å². The summed E-state index contributed by atoms with van der Waals surface area (Å²) in [7, 11) is 0. The first-order valence-corrected chi connectivity index (χ1v) is 7.26. The van der Waals surface area contributed by atoms with Gasteiger partial charge in [-0.1, -0.05) is 0 Å². The second-order valence-electron chi connectivity index (χ2n) is 4.16. The maximum atomic E-state index is 13.4. The summed E-state index contributed by atoms with van der Waals surface area (Å²) in [6.45, 7) is 0. The fourth-order valence-electron chi connectivity index (χ4n) is 2.00. The number of nitrogens with two attached hydrogens (primary N) is 1. The summed E-state index contributed by atoms with van der Waals surface area (Å²) >= 11 is 4.87. The monoisotopic (exact) mass is 355 g/mol. The molecule has 0 amide bonds. The zero-order valence-corrected chi connectivity index (χ0v) is 12.4. The number of hydrogen-bond acceptors (Lipinski definition) is 3. The van der Waals surface area contributed by atoms with E-state index < -0.39 is 11.6 Å². The van der Waals surface area contributed by atoms with E-state index in [-0.39, 0.29) is 5.82 Å². The van der Waals surface area contributed by atoms with Gasteiger partial charge in [0.15, 0.2) is 5.82 Å². The molecule has 0 spiro atoms. The minimum atomic E-state index is -0.655. The van der Waals surface area contributed by atoms with Gasteiger partial charge in [0, 0.05) is 17.0 Å². The van der Waals surface area contributed by atoms with Gasteiger partial charge in [-0.15, -0.1) is 11.3 Å². The van der Waals surface area contributed by atoms with Crippen molar-refractivity contribution in [3.05, 3.63) is 45.1 Å². The van der Waals surface area contributed by atoms with Crippen molar-refractivity contribution in [2.45, 2.75) is 0 Å². The molecule has 0 unspecified atom stereocenters. The number of nitrogens with one attached hydrogen (secondary N) is 1. The van der Waals surface area contributed by atoms with E-state index in [0.717, 1.165) is 15.4 Å². The third-order valence-corrected chi connectivity index (χ3v) is 4.31. The summed E-state index contributed by atoms with van der Waals surface area (Å²) in [5, 5.41) is 8.64. The predicted octanol–water partition coefficient (Wildman–Crippen LogP) is 4.43. The molecule has 0 atom stereocenters. The second-order valence-corrected chi connectivity index (χ2v) is 6.45. The van der Waals surface area contributed by atoms with Crippen molar-refractivity contribution in [2.75, 3.05) is 5.73 Å². The standard InChI is InChI=1S/C13H8BrF2N3S/c14-10-3-7(5-20-10)12-11(13(17)19-18-12)6-1-8(15)4-9(16)2-6/h1-5H,(H3,17,18,19). The van der Waals surface area contributed by atoms with Crippen LogP contribution in [0.3, 0.4) is 0 Å². The van der Waals surface area contributed by atoms with E-state index in [1.54, 1.807) is 0 Å². The van der Waals surface area contributed by atoms with Crippen molar-refractivity contribution >= 4 is 33.1 Å². The predicted molar refractivity (Wildman–Crippen MR) is 79.4 cm³/mol. The molecule has 2 heterocycles. The summed E-state index contributed by atoms with van der Waals surface area (Å²) in [6, 6.07) is 5.17. The highest BCUT2D eigenvalue weighted by Crippen LogP contribution is 2.37. The Bertz CT molecular complexity index is 762. The van der Waals surface area contributed by atoms with E-state index in [1.807, 2.05) is 11.4 Å². The van der Waals surface area contributed by atoms with E-state index >= 15 is 0 Å². The zero-order valence-electron chi connectivity index (χ0n) is 9.95. The van der Waals surface area contributed by atoms with Gasteiger partial charge in [-0.2, -0.15) is 5.10 Å². The molecule has 0 radical (unpaired) electrons. The average Bonchev–Trinajstić information content (AvgIpc) is 2.94. The van der Waals surface area contributed by atoms with Crippen LogP contribution in [-0.2, 0) is 0 Å². The van der Waals surface area contributed by atoms with Crippen molar-refractivity contribution in [2.24, 2.45) is 0 Å². The Hall–Kier alpha value is -1.73. The largest absolute Gasteiger partial charge is 0.382 e. The third kappa shape index (κ3) is 2.34. The number of nitrogen functional groups attached to an aromatic ring is 1. The topological polar surface area (TPSA) is 54.7 Å². The molecule has 0 bridgehead atoms. The van der Waals surface area contributed by atoms with Crippen LogP contribution in [0, 0.1) is 11.6 Å². The first-order chi connectivity index (χ1) is 9.54. The van der Waals surface area contributed by atoms with Crippen LogP contribution in [0.15, 0.2) is 33.4 Å². The van der Waals surface area contributed by atoms with E-state index in [4.69, 9.17) is 5.73 Å². The molecule has 3 N–H and O–H groups in total. The molecule has 7 heteroatoms. The van der Waals surface area contributed by atoms with Gasteiger partial charge >= 0.3 is 0 Å². The highest BCUT2D eigenvalue weighted by atomic mass is 79.9. The van der Waals surface area contributed by atoms with Crippen molar-refractivity contribution in [3.63, 3.8) is 0 Å². The Balaban J connectivity index is 2.21. The molecule has 102 valence electrons. The lowest BCUT2D eigenvalue weighted by Gasteiger charge is -2.04. The normalized spacial score (nSPS) is 10.9. The molecule has 3 aromatic rings. The molecule has 0 saturated heterocycles. The molecule has 20 heavy (non-hydrogen) atoms. The van der Waals surface area contributed by atoms with Crippen LogP contribution in [0.25, 0.3) is 22.4 Å². The minimum absolute atomic E-state index is 0.201. The molecule has 0 fully saturated rings. The molecule has 0 aliphatic carbocycles. The van der Waals surface area contributed by atoms with Crippen molar-refractivity contribution in [1.82, 2.24) is 10.2 Å². The number of aromatic nitrogens is 2. The van der Waals surface area contributed by atoms with Gasteiger partial charge in [0.2, 0.25) is 0 Å². The summed E-state index contributed by atoms with van der Waals surface area (Å²) in [4.78, 5) is 0. The molecule has 0 aliphatic heterocycles. The van der Waals surface area contributed by atoms with Gasteiger partial charge in [0.25, 0.3) is 0 Å².